The molecular weight excluding hydrogens is 259 g/mol. The molecule has 2 N–H and O–H groups in total. The number of nitrogens with one attached hydrogen (secondary N) is 1. The van der Waals surface area contributed by atoms with E-state index in [0.29, 0.717) is 25.9 Å². The number of hydrogen-bond acceptors (Lipinski definition) is 2. The maximum atomic E-state index is 13.1. The van der Waals surface area contributed by atoms with Crippen LogP contribution in [-0.4, -0.2) is 35.3 Å². The summed E-state index contributed by atoms with van der Waals surface area (Å²) in [5, 5.41) is 12.3. The lowest BCUT2D eigenvalue weighted by Gasteiger charge is -2.30. The zero-order valence-electron chi connectivity index (χ0n) is 11.7. The molecule has 2 rings (SSSR count). The molecule has 20 heavy (non-hydrogen) atoms. The van der Waals surface area contributed by atoms with Crippen molar-refractivity contribution in [3.05, 3.63) is 29.8 Å². The van der Waals surface area contributed by atoms with Gasteiger partial charge in [-0.2, -0.15) is 0 Å². The molecule has 4 nitrogen and oxygen atoms in total. The Morgan fingerprint density at radius 1 is 1.40 bits per heavy atom. The van der Waals surface area contributed by atoms with Gasteiger partial charge in [0, 0.05) is 13.1 Å². The van der Waals surface area contributed by atoms with E-state index in [9.17, 15) is 14.3 Å². The van der Waals surface area contributed by atoms with Crippen LogP contribution in [0, 0.1) is 0 Å². The summed E-state index contributed by atoms with van der Waals surface area (Å²) >= 11 is 0. The smallest absolute Gasteiger partial charge is 0.317 e. The minimum atomic E-state index is -0.780. The zero-order valence-corrected chi connectivity index (χ0v) is 11.7. The number of rotatable bonds is 3. The van der Waals surface area contributed by atoms with Gasteiger partial charge in [-0.1, -0.05) is 19.1 Å². The van der Waals surface area contributed by atoms with Crippen LogP contribution in [0.25, 0.3) is 0 Å². The van der Waals surface area contributed by atoms with Crippen LogP contribution < -0.4 is 5.32 Å². The van der Waals surface area contributed by atoms with Crippen LogP contribution in [0.15, 0.2) is 24.3 Å². The van der Waals surface area contributed by atoms with Crippen molar-refractivity contribution < 1.29 is 14.3 Å². The van der Waals surface area contributed by atoms with Gasteiger partial charge >= 0.3 is 6.03 Å². The molecule has 110 valence electrons. The second-order valence-corrected chi connectivity index (χ2v) is 5.16. The maximum Gasteiger partial charge on any atom is 0.317 e. The third-order valence-electron chi connectivity index (χ3n) is 3.71. The van der Waals surface area contributed by atoms with Crippen molar-refractivity contribution in [1.29, 1.82) is 0 Å². The fraction of sp³-hybridized carbons (Fsp3) is 0.533. The number of aromatic hydroxyl groups is 1. The Morgan fingerprint density at radius 3 is 2.55 bits per heavy atom. The van der Waals surface area contributed by atoms with E-state index in [2.05, 4.69) is 5.32 Å². The highest BCUT2D eigenvalue weighted by molar-refractivity contribution is 5.74. The van der Waals surface area contributed by atoms with Crippen LogP contribution in [0.4, 0.5) is 9.18 Å². The van der Waals surface area contributed by atoms with Gasteiger partial charge in [-0.15, -0.1) is 0 Å². The third kappa shape index (κ3) is 3.62. The van der Waals surface area contributed by atoms with Crippen LogP contribution in [0.1, 0.15) is 37.8 Å². The Hall–Kier alpha value is -1.78. The van der Waals surface area contributed by atoms with Crippen molar-refractivity contribution in [3.63, 3.8) is 0 Å². The molecule has 1 aliphatic heterocycles. The van der Waals surface area contributed by atoms with Gasteiger partial charge in [0.1, 0.15) is 11.9 Å². The molecule has 0 radical (unpaired) electrons. The number of amides is 2. The molecule has 2 amide bonds. The molecule has 1 aromatic rings. The molecule has 0 aromatic heterocycles. The standard InChI is InChI=1S/C15H21FN2O2/c1-2-14(11-3-5-13(19)6-4-11)17-15(20)18-9-7-12(16)8-10-18/h3-6,12,14,19H,2,7-10H2,1H3,(H,17,20)/t14-/m1/s1. The minimum Gasteiger partial charge on any atom is -0.508 e. The number of halogens is 1. The molecule has 1 fully saturated rings. The number of carbonyl (C=O) groups is 1. The van der Waals surface area contributed by atoms with Gasteiger partial charge in [0.05, 0.1) is 6.04 Å². The van der Waals surface area contributed by atoms with Crippen LogP contribution in [-0.2, 0) is 0 Å². The monoisotopic (exact) mass is 280 g/mol. The van der Waals surface area contributed by atoms with Crippen LogP contribution in [0.3, 0.4) is 0 Å². The van der Waals surface area contributed by atoms with Crippen LogP contribution >= 0.6 is 0 Å². The predicted molar refractivity (Wildman–Crippen MR) is 75.4 cm³/mol. The summed E-state index contributed by atoms with van der Waals surface area (Å²) in [5.41, 5.74) is 0.957. The Bertz CT molecular complexity index is 442. The number of likely N-dealkylation sites (tertiary alicyclic amines) is 1. The van der Waals surface area contributed by atoms with Gasteiger partial charge in [-0.3, -0.25) is 0 Å². The summed E-state index contributed by atoms with van der Waals surface area (Å²) in [6, 6.07) is 6.59. The summed E-state index contributed by atoms with van der Waals surface area (Å²) in [6.45, 7) is 2.93. The highest BCUT2D eigenvalue weighted by atomic mass is 19.1. The fourth-order valence-electron chi connectivity index (χ4n) is 2.42. The van der Waals surface area contributed by atoms with Gasteiger partial charge in [0.2, 0.25) is 0 Å². The molecule has 1 atom stereocenters. The van der Waals surface area contributed by atoms with Gasteiger partial charge in [0.15, 0.2) is 0 Å². The number of urea groups is 1. The molecule has 0 saturated carbocycles. The molecule has 5 heteroatoms. The zero-order chi connectivity index (χ0) is 14.5. The average Bonchev–Trinajstić information content (AvgIpc) is 2.46. The van der Waals surface area contributed by atoms with E-state index in [4.69, 9.17) is 0 Å². The SMILES string of the molecule is CC[C@@H](NC(=O)N1CCC(F)CC1)c1ccc(O)cc1. The first-order valence-electron chi connectivity index (χ1n) is 7.08. The molecule has 1 saturated heterocycles. The second kappa shape index (κ2) is 6.59. The number of hydrogen-bond donors (Lipinski definition) is 2. The summed E-state index contributed by atoms with van der Waals surface area (Å²) in [4.78, 5) is 13.8. The number of piperidine rings is 1. The van der Waals surface area contributed by atoms with E-state index >= 15 is 0 Å². The molecule has 1 aliphatic rings. The highest BCUT2D eigenvalue weighted by Crippen LogP contribution is 2.20. The van der Waals surface area contributed by atoms with E-state index in [0.717, 1.165) is 12.0 Å². The fourth-order valence-corrected chi connectivity index (χ4v) is 2.42. The number of benzene rings is 1. The van der Waals surface area contributed by atoms with Crippen molar-refractivity contribution in [1.82, 2.24) is 10.2 Å². The maximum absolute atomic E-state index is 13.1. The molecular formula is C15H21FN2O2. The summed E-state index contributed by atoms with van der Waals surface area (Å²) < 4.78 is 13.1. The van der Waals surface area contributed by atoms with Crippen molar-refractivity contribution in [2.24, 2.45) is 0 Å². The van der Waals surface area contributed by atoms with E-state index in [1.54, 1.807) is 29.2 Å². The topological polar surface area (TPSA) is 52.6 Å². The molecule has 0 unspecified atom stereocenters. The number of carbonyl (C=O) groups excluding carboxylic acids is 1. The van der Waals surface area contributed by atoms with Crippen molar-refractivity contribution in [2.75, 3.05) is 13.1 Å². The first-order valence-corrected chi connectivity index (χ1v) is 7.08. The van der Waals surface area contributed by atoms with Gasteiger partial charge in [-0.05, 0) is 37.0 Å². The summed E-state index contributed by atoms with van der Waals surface area (Å²) in [7, 11) is 0. The molecule has 0 aliphatic carbocycles. The number of nitrogens with zero attached hydrogens (tertiary/aromatic N) is 1. The molecule has 1 heterocycles. The van der Waals surface area contributed by atoms with Gasteiger partial charge in [-0.25, -0.2) is 9.18 Å². The largest absolute Gasteiger partial charge is 0.508 e. The molecule has 0 spiro atoms. The van der Waals surface area contributed by atoms with E-state index in [1.807, 2.05) is 6.92 Å². The lowest BCUT2D eigenvalue weighted by molar-refractivity contribution is 0.150. The van der Waals surface area contributed by atoms with Crippen LogP contribution in [0.5, 0.6) is 5.75 Å². The average molecular weight is 280 g/mol. The summed E-state index contributed by atoms with van der Waals surface area (Å²) in [6.07, 6.45) is 0.821. The van der Waals surface area contributed by atoms with E-state index < -0.39 is 6.17 Å². The van der Waals surface area contributed by atoms with E-state index in [-0.39, 0.29) is 17.8 Å². The predicted octanol–water partition coefficient (Wildman–Crippen LogP) is 2.99. The quantitative estimate of drug-likeness (QED) is 0.894. The highest BCUT2D eigenvalue weighted by Gasteiger charge is 2.23. The lowest BCUT2D eigenvalue weighted by atomic mass is 10.0. The van der Waals surface area contributed by atoms with Crippen LogP contribution in [0.2, 0.25) is 0 Å². The Kier molecular flexibility index (Phi) is 4.82. The second-order valence-electron chi connectivity index (χ2n) is 5.16. The Labute approximate surface area is 118 Å². The lowest BCUT2D eigenvalue weighted by Crippen LogP contribution is -2.45. The first kappa shape index (κ1) is 14.6. The Morgan fingerprint density at radius 2 is 2.00 bits per heavy atom. The van der Waals surface area contributed by atoms with Crippen molar-refractivity contribution in [2.45, 2.75) is 38.4 Å². The van der Waals surface area contributed by atoms with Gasteiger partial charge < -0.3 is 15.3 Å². The van der Waals surface area contributed by atoms with Gasteiger partial charge in [0.25, 0.3) is 0 Å². The normalized spacial score (nSPS) is 17.8. The van der Waals surface area contributed by atoms with E-state index in [1.165, 1.54) is 0 Å². The number of phenols is 1. The summed E-state index contributed by atoms with van der Waals surface area (Å²) in [5.74, 6) is 0.208. The Balaban J connectivity index is 1.95. The third-order valence-corrected chi connectivity index (χ3v) is 3.71. The molecule has 1 aromatic carbocycles. The minimum absolute atomic E-state index is 0.0915. The number of phenolic OH excluding ortho intramolecular Hbond substituents is 1. The number of alkyl halides is 1. The van der Waals surface area contributed by atoms with Crippen molar-refractivity contribution >= 4 is 6.03 Å². The van der Waals surface area contributed by atoms with Crippen molar-refractivity contribution in [3.8, 4) is 5.75 Å². The molecule has 0 bridgehead atoms. The first-order chi connectivity index (χ1) is 9.60.